The summed E-state index contributed by atoms with van der Waals surface area (Å²) in [5, 5.41) is 0. The molecule has 25 heavy (non-hydrogen) atoms. The van der Waals surface area contributed by atoms with Crippen molar-refractivity contribution in [3.63, 3.8) is 0 Å². The molecule has 1 aromatic carbocycles. The Morgan fingerprint density at radius 2 is 1.76 bits per heavy atom. The molecule has 3 rings (SSSR count). The number of piperazine rings is 1. The van der Waals surface area contributed by atoms with Crippen LogP contribution in [0.25, 0.3) is 0 Å². The average Bonchev–Trinajstić information content (AvgIpc) is 2.63. The van der Waals surface area contributed by atoms with Gasteiger partial charge in [0.05, 0.1) is 12.5 Å². The number of halogens is 1. The number of hydrogen-bond acceptors (Lipinski definition) is 4. The van der Waals surface area contributed by atoms with Gasteiger partial charge in [0, 0.05) is 45.0 Å². The highest BCUT2D eigenvalue weighted by molar-refractivity contribution is 5.81. The van der Waals surface area contributed by atoms with E-state index in [9.17, 15) is 14.0 Å². The van der Waals surface area contributed by atoms with Crippen molar-refractivity contribution in [3.8, 4) is 0 Å². The molecule has 2 aliphatic rings. The topological polar surface area (TPSA) is 69.9 Å². The van der Waals surface area contributed by atoms with Gasteiger partial charge in [0.1, 0.15) is 5.82 Å². The largest absolute Gasteiger partial charge is 0.369 e. The molecule has 2 saturated heterocycles. The van der Waals surface area contributed by atoms with Crippen LogP contribution < -0.4 is 10.6 Å². The Balaban J connectivity index is 1.47. The van der Waals surface area contributed by atoms with Crippen LogP contribution in [0.1, 0.15) is 12.8 Å². The van der Waals surface area contributed by atoms with Gasteiger partial charge in [-0.2, -0.15) is 0 Å². The first-order chi connectivity index (χ1) is 12.0. The van der Waals surface area contributed by atoms with E-state index in [4.69, 9.17) is 5.73 Å². The Bertz CT molecular complexity index is 614. The molecule has 1 aromatic rings. The molecule has 136 valence electrons. The number of nitrogens with zero attached hydrogens (tertiary/aromatic N) is 3. The van der Waals surface area contributed by atoms with E-state index < -0.39 is 0 Å². The van der Waals surface area contributed by atoms with Crippen molar-refractivity contribution in [2.24, 2.45) is 11.7 Å². The summed E-state index contributed by atoms with van der Waals surface area (Å²) in [7, 11) is 0. The van der Waals surface area contributed by atoms with Gasteiger partial charge in [-0.3, -0.25) is 14.5 Å². The number of benzene rings is 1. The van der Waals surface area contributed by atoms with Gasteiger partial charge in [0.25, 0.3) is 0 Å². The lowest BCUT2D eigenvalue weighted by Crippen LogP contribution is -2.52. The number of carbonyl (C=O) groups is 2. The first-order valence-electron chi connectivity index (χ1n) is 8.83. The molecule has 0 unspecified atom stereocenters. The first-order valence-corrected chi connectivity index (χ1v) is 8.83. The number of likely N-dealkylation sites (tertiary alicyclic amines) is 1. The van der Waals surface area contributed by atoms with E-state index in [1.54, 1.807) is 17.0 Å². The SMILES string of the molecule is NC(=O)[C@@H]1CCCN(C(=O)CN2CCN(c3ccc(F)cc3)CC2)C1. The molecule has 7 heteroatoms. The predicted octanol–water partition coefficient (Wildman–Crippen LogP) is 0.672. The molecule has 2 N–H and O–H groups in total. The Morgan fingerprint density at radius 3 is 2.40 bits per heavy atom. The number of rotatable bonds is 4. The zero-order valence-electron chi connectivity index (χ0n) is 14.4. The molecule has 1 atom stereocenters. The maximum Gasteiger partial charge on any atom is 0.236 e. The number of piperidine rings is 1. The van der Waals surface area contributed by atoms with Crippen LogP contribution in [0, 0.1) is 11.7 Å². The Kier molecular flexibility index (Phi) is 5.53. The van der Waals surface area contributed by atoms with E-state index in [1.807, 2.05) is 0 Å². The minimum atomic E-state index is -0.314. The summed E-state index contributed by atoms with van der Waals surface area (Å²) in [5.74, 6) is -0.691. The number of anilines is 1. The lowest BCUT2D eigenvalue weighted by atomic mass is 9.97. The molecule has 0 aromatic heterocycles. The molecule has 6 nitrogen and oxygen atoms in total. The number of carbonyl (C=O) groups excluding carboxylic acids is 2. The van der Waals surface area contributed by atoms with Crippen molar-refractivity contribution in [2.75, 3.05) is 50.7 Å². The summed E-state index contributed by atoms with van der Waals surface area (Å²) in [6, 6.07) is 6.51. The van der Waals surface area contributed by atoms with Gasteiger partial charge >= 0.3 is 0 Å². The quantitative estimate of drug-likeness (QED) is 0.868. The van der Waals surface area contributed by atoms with Crippen LogP contribution in [0.5, 0.6) is 0 Å². The Morgan fingerprint density at radius 1 is 1.08 bits per heavy atom. The summed E-state index contributed by atoms with van der Waals surface area (Å²) >= 11 is 0. The lowest BCUT2D eigenvalue weighted by molar-refractivity contribution is -0.136. The second-order valence-corrected chi connectivity index (χ2v) is 6.82. The van der Waals surface area contributed by atoms with Crippen LogP contribution in [0.3, 0.4) is 0 Å². The van der Waals surface area contributed by atoms with E-state index in [2.05, 4.69) is 9.80 Å². The highest BCUT2D eigenvalue weighted by atomic mass is 19.1. The smallest absolute Gasteiger partial charge is 0.236 e. The molecule has 0 bridgehead atoms. The molecule has 2 amide bonds. The summed E-state index contributed by atoms with van der Waals surface area (Å²) in [6.07, 6.45) is 1.60. The summed E-state index contributed by atoms with van der Waals surface area (Å²) in [4.78, 5) is 30.0. The van der Waals surface area contributed by atoms with Crippen molar-refractivity contribution in [1.82, 2.24) is 9.80 Å². The van der Waals surface area contributed by atoms with E-state index in [0.29, 0.717) is 19.6 Å². The van der Waals surface area contributed by atoms with Gasteiger partial charge < -0.3 is 15.5 Å². The van der Waals surface area contributed by atoms with Crippen LogP contribution in [0.4, 0.5) is 10.1 Å². The van der Waals surface area contributed by atoms with Gasteiger partial charge in [-0.15, -0.1) is 0 Å². The van der Waals surface area contributed by atoms with Crippen LogP contribution in [0.15, 0.2) is 24.3 Å². The molecule has 0 radical (unpaired) electrons. The van der Waals surface area contributed by atoms with Gasteiger partial charge in [-0.05, 0) is 37.1 Å². The second kappa shape index (κ2) is 7.82. The lowest BCUT2D eigenvalue weighted by Gasteiger charge is -2.37. The van der Waals surface area contributed by atoms with Crippen molar-refractivity contribution in [2.45, 2.75) is 12.8 Å². The minimum Gasteiger partial charge on any atom is -0.369 e. The maximum absolute atomic E-state index is 13.0. The zero-order chi connectivity index (χ0) is 17.8. The third-order valence-electron chi connectivity index (χ3n) is 5.10. The molecule has 2 fully saturated rings. The standard InChI is InChI=1S/C18H25FN4O2/c19-15-3-5-16(6-4-15)22-10-8-21(9-11-22)13-17(24)23-7-1-2-14(12-23)18(20)25/h3-6,14H,1-2,7-13H2,(H2,20,25)/t14-/m1/s1. The molecule has 0 spiro atoms. The van der Waals surface area contributed by atoms with Gasteiger partial charge in [0.15, 0.2) is 0 Å². The number of nitrogens with two attached hydrogens (primary N) is 1. The molecular formula is C18H25FN4O2. The summed E-state index contributed by atoms with van der Waals surface area (Å²) in [6.45, 7) is 4.72. The van der Waals surface area contributed by atoms with E-state index in [-0.39, 0.29) is 23.5 Å². The van der Waals surface area contributed by atoms with Gasteiger partial charge in [-0.1, -0.05) is 0 Å². The first kappa shape index (κ1) is 17.7. The highest BCUT2D eigenvalue weighted by Gasteiger charge is 2.28. The van der Waals surface area contributed by atoms with E-state index in [0.717, 1.165) is 44.7 Å². The van der Waals surface area contributed by atoms with Gasteiger partial charge in [-0.25, -0.2) is 4.39 Å². The fourth-order valence-electron chi connectivity index (χ4n) is 3.54. The average molecular weight is 348 g/mol. The van der Waals surface area contributed by atoms with Crippen LogP contribution in [-0.2, 0) is 9.59 Å². The van der Waals surface area contributed by atoms with E-state index in [1.165, 1.54) is 12.1 Å². The molecule has 2 aliphatic heterocycles. The van der Waals surface area contributed by atoms with Crippen molar-refractivity contribution >= 4 is 17.5 Å². The second-order valence-electron chi connectivity index (χ2n) is 6.82. The van der Waals surface area contributed by atoms with Crippen LogP contribution in [-0.4, -0.2) is 67.4 Å². The zero-order valence-corrected chi connectivity index (χ0v) is 14.4. The Labute approximate surface area is 147 Å². The third-order valence-corrected chi connectivity index (χ3v) is 5.10. The molecule has 2 heterocycles. The van der Waals surface area contributed by atoms with Gasteiger partial charge in [0.2, 0.25) is 11.8 Å². The monoisotopic (exact) mass is 348 g/mol. The number of primary amides is 1. The summed E-state index contributed by atoms with van der Waals surface area (Å²) < 4.78 is 13.0. The van der Waals surface area contributed by atoms with Crippen molar-refractivity contribution < 1.29 is 14.0 Å². The molecular weight excluding hydrogens is 323 g/mol. The Hall–Kier alpha value is -2.15. The number of amides is 2. The summed E-state index contributed by atoms with van der Waals surface area (Å²) in [5.41, 5.74) is 6.38. The van der Waals surface area contributed by atoms with Crippen LogP contribution in [0.2, 0.25) is 0 Å². The van der Waals surface area contributed by atoms with Crippen LogP contribution >= 0.6 is 0 Å². The molecule has 0 aliphatic carbocycles. The minimum absolute atomic E-state index is 0.0705. The normalized spacial score (nSPS) is 22.0. The van der Waals surface area contributed by atoms with Crippen molar-refractivity contribution in [1.29, 1.82) is 0 Å². The molecule has 0 saturated carbocycles. The van der Waals surface area contributed by atoms with Crippen molar-refractivity contribution in [3.05, 3.63) is 30.1 Å². The predicted molar refractivity (Wildman–Crippen MR) is 93.6 cm³/mol. The third kappa shape index (κ3) is 4.48. The van der Waals surface area contributed by atoms with E-state index >= 15 is 0 Å². The number of hydrogen-bond donors (Lipinski definition) is 1. The fraction of sp³-hybridized carbons (Fsp3) is 0.556. The fourth-order valence-corrected chi connectivity index (χ4v) is 3.54. The maximum atomic E-state index is 13.0. The highest BCUT2D eigenvalue weighted by Crippen LogP contribution is 2.18.